The highest BCUT2D eigenvalue weighted by Crippen LogP contribution is 2.01. The van der Waals surface area contributed by atoms with Crippen molar-refractivity contribution in [1.29, 1.82) is 0 Å². The van der Waals surface area contributed by atoms with Gasteiger partial charge in [0, 0.05) is 6.54 Å². The largest absolute Gasteiger partial charge is 0.480 e. The predicted molar refractivity (Wildman–Crippen MR) is 75.0 cm³/mol. The second-order valence-electron chi connectivity index (χ2n) is 4.42. The van der Waals surface area contributed by atoms with E-state index in [0.717, 1.165) is 5.56 Å². The van der Waals surface area contributed by atoms with Gasteiger partial charge in [0.05, 0.1) is 32.4 Å². The molecule has 0 saturated heterocycles. The molecule has 0 saturated carbocycles. The molecule has 108 valence electrons. The van der Waals surface area contributed by atoms with Crippen LogP contribution in [0.5, 0.6) is 0 Å². The van der Waals surface area contributed by atoms with Crippen molar-refractivity contribution >= 4 is 5.97 Å². The summed E-state index contributed by atoms with van der Waals surface area (Å²) in [5, 5.41) is 18.5. The molecule has 5 nitrogen and oxygen atoms in total. The van der Waals surface area contributed by atoms with E-state index in [2.05, 4.69) is 5.92 Å². The molecule has 1 unspecified atom stereocenters. The zero-order valence-electron chi connectivity index (χ0n) is 11.2. The van der Waals surface area contributed by atoms with Crippen molar-refractivity contribution in [2.24, 2.45) is 0 Å². The number of carboxylic acids is 1. The van der Waals surface area contributed by atoms with Crippen LogP contribution in [0.25, 0.3) is 0 Å². The molecule has 0 aliphatic carbocycles. The Bertz CT molecular complexity index is 441. The number of hydrogen-bond donors (Lipinski definition) is 2. The summed E-state index contributed by atoms with van der Waals surface area (Å²) < 4.78 is 5.39. The van der Waals surface area contributed by atoms with Crippen LogP contribution < -0.4 is 0 Å². The first-order chi connectivity index (χ1) is 9.61. The maximum absolute atomic E-state index is 10.6. The van der Waals surface area contributed by atoms with Gasteiger partial charge in [-0.1, -0.05) is 36.3 Å². The Labute approximate surface area is 118 Å². The molecule has 0 radical (unpaired) electrons. The molecule has 5 heteroatoms. The van der Waals surface area contributed by atoms with Gasteiger partial charge in [0.2, 0.25) is 0 Å². The molecule has 0 fully saturated rings. The van der Waals surface area contributed by atoms with Crippen molar-refractivity contribution in [2.75, 3.05) is 26.2 Å². The van der Waals surface area contributed by atoms with E-state index >= 15 is 0 Å². The van der Waals surface area contributed by atoms with Gasteiger partial charge in [0.25, 0.3) is 0 Å². The first kappa shape index (κ1) is 16.2. The predicted octanol–water partition coefficient (Wildman–Crippen LogP) is 0.584. The van der Waals surface area contributed by atoms with Crippen LogP contribution >= 0.6 is 0 Å². The summed E-state index contributed by atoms with van der Waals surface area (Å²) in [5.74, 6) is 1.40. The number of ether oxygens (including phenoxy) is 1. The summed E-state index contributed by atoms with van der Waals surface area (Å²) in [4.78, 5) is 12.1. The smallest absolute Gasteiger partial charge is 0.317 e. The summed E-state index contributed by atoms with van der Waals surface area (Å²) in [6.45, 7) is 0.703. The maximum atomic E-state index is 10.6. The van der Waals surface area contributed by atoms with Crippen molar-refractivity contribution in [3.8, 4) is 12.3 Å². The zero-order valence-corrected chi connectivity index (χ0v) is 11.2. The quantitative estimate of drug-likeness (QED) is 0.646. The van der Waals surface area contributed by atoms with Crippen LogP contribution in [0.2, 0.25) is 0 Å². The molecule has 20 heavy (non-hydrogen) atoms. The third-order valence-electron chi connectivity index (χ3n) is 2.56. The molecule has 0 aliphatic heterocycles. The summed E-state index contributed by atoms with van der Waals surface area (Å²) in [5.41, 5.74) is 1.02. The molecule has 0 bridgehead atoms. The van der Waals surface area contributed by atoms with Gasteiger partial charge in [-0.05, 0) is 5.56 Å². The normalized spacial score (nSPS) is 12.1. The number of aliphatic hydroxyl groups is 1. The van der Waals surface area contributed by atoms with Crippen LogP contribution in [0.15, 0.2) is 30.3 Å². The molecule has 1 atom stereocenters. The number of terminal acetylenes is 1. The highest BCUT2D eigenvalue weighted by molar-refractivity contribution is 5.69. The molecule has 0 amide bonds. The van der Waals surface area contributed by atoms with E-state index in [9.17, 15) is 9.90 Å². The van der Waals surface area contributed by atoms with Gasteiger partial charge >= 0.3 is 5.97 Å². The fourth-order valence-electron chi connectivity index (χ4n) is 1.74. The minimum Gasteiger partial charge on any atom is -0.480 e. The van der Waals surface area contributed by atoms with E-state index < -0.39 is 12.1 Å². The number of rotatable bonds is 9. The van der Waals surface area contributed by atoms with Gasteiger partial charge < -0.3 is 14.9 Å². The molecule has 1 rings (SSSR count). The first-order valence-corrected chi connectivity index (χ1v) is 6.29. The van der Waals surface area contributed by atoms with E-state index in [-0.39, 0.29) is 26.2 Å². The van der Waals surface area contributed by atoms with Gasteiger partial charge in [-0.25, -0.2) is 0 Å². The van der Waals surface area contributed by atoms with Crippen LogP contribution in [-0.4, -0.2) is 53.4 Å². The Morgan fingerprint density at radius 3 is 2.70 bits per heavy atom. The molecule has 0 heterocycles. The summed E-state index contributed by atoms with van der Waals surface area (Å²) >= 11 is 0. The Balaban J connectivity index is 2.29. The summed E-state index contributed by atoms with van der Waals surface area (Å²) in [7, 11) is 0. The molecular weight excluding hydrogens is 258 g/mol. The molecular formula is C15H19NO4. The maximum Gasteiger partial charge on any atom is 0.317 e. The number of aliphatic carboxylic acids is 1. The van der Waals surface area contributed by atoms with Crippen LogP contribution in [0, 0.1) is 12.3 Å². The van der Waals surface area contributed by atoms with E-state index in [1.807, 2.05) is 30.3 Å². The molecule has 0 spiro atoms. The van der Waals surface area contributed by atoms with Crippen LogP contribution in [0.3, 0.4) is 0 Å². The van der Waals surface area contributed by atoms with Crippen LogP contribution in [0.4, 0.5) is 0 Å². The first-order valence-electron chi connectivity index (χ1n) is 6.29. The van der Waals surface area contributed by atoms with Crippen molar-refractivity contribution < 1.29 is 19.7 Å². The third-order valence-corrected chi connectivity index (χ3v) is 2.56. The average molecular weight is 277 g/mol. The van der Waals surface area contributed by atoms with Crippen molar-refractivity contribution in [3.05, 3.63) is 35.9 Å². The second-order valence-corrected chi connectivity index (χ2v) is 4.42. The van der Waals surface area contributed by atoms with E-state index in [0.29, 0.717) is 6.61 Å². The topological polar surface area (TPSA) is 70.0 Å². The second kappa shape index (κ2) is 9.10. The van der Waals surface area contributed by atoms with Crippen molar-refractivity contribution in [3.63, 3.8) is 0 Å². The highest BCUT2D eigenvalue weighted by Gasteiger charge is 2.14. The lowest BCUT2D eigenvalue weighted by Crippen LogP contribution is -2.38. The van der Waals surface area contributed by atoms with Gasteiger partial charge in [0.15, 0.2) is 0 Å². The molecule has 0 aromatic heterocycles. The monoisotopic (exact) mass is 277 g/mol. The lowest BCUT2D eigenvalue weighted by molar-refractivity contribution is -0.138. The van der Waals surface area contributed by atoms with Crippen LogP contribution in [0.1, 0.15) is 5.56 Å². The standard InChI is InChI=1S/C15H19NO4/c1-2-8-16(10-15(18)19)9-14(17)12-20-11-13-6-4-3-5-7-13/h1,3-7,14,17H,8-12H2,(H,18,19). The number of carbonyl (C=O) groups is 1. The fraction of sp³-hybridized carbons (Fsp3) is 0.400. The SMILES string of the molecule is C#CCN(CC(=O)O)CC(O)COCc1ccccc1. The Morgan fingerprint density at radius 1 is 1.40 bits per heavy atom. The molecule has 1 aromatic rings. The minimum absolute atomic E-state index is 0.135. The van der Waals surface area contributed by atoms with Gasteiger partial charge in [-0.2, -0.15) is 0 Å². The number of nitrogens with zero attached hydrogens (tertiary/aromatic N) is 1. The summed E-state index contributed by atoms with van der Waals surface area (Å²) in [6, 6.07) is 9.61. The Morgan fingerprint density at radius 2 is 2.10 bits per heavy atom. The summed E-state index contributed by atoms with van der Waals surface area (Å²) in [6.07, 6.45) is 4.39. The molecule has 0 aliphatic rings. The van der Waals surface area contributed by atoms with E-state index in [1.165, 1.54) is 4.90 Å². The van der Waals surface area contributed by atoms with E-state index in [4.69, 9.17) is 16.3 Å². The lowest BCUT2D eigenvalue weighted by Gasteiger charge is -2.21. The molecule has 2 N–H and O–H groups in total. The van der Waals surface area contributed by atoms with Gasteiger partial charge in [-0.15, -0.1) is 6.42 Å². The highest BCUT2D eigenvalue weighted by atomic mass is 16.5. The zero-order chi connectivity index (χ0) is 14.8. The fourth-order valence-corrected chi connectivity index (χ4v) is 1.74. The van der Waals surface area contributed by atoms with Crippen LogP contribution in [-0.2, 0) is 16.1 Å². The Hall–Kier alpha value is -1.87. The lowest BCUT2D eigenvalue weighted by atomic mass is 10.2. The molecule has 1 aromatic carbocycles. The van der Waals surface area contributed by atoms with Gasteiger partial charge in [-0.3, -0.25) is 9.69 Å². The van der Waals surface area contributed by atoms with E-state index in [1.54, 1.807) is 0 Å². The van der Waals surface area contributed by atoms with Gasteiger partial charge in [0.1, 0.15) is 0 Å². The third kappa shape index (κ3) is 6.90. The average Bonchev–Trinajstić information content (AvgIpc) is 2.39. The Kier molecular flexibility index (Phi) is 7.36. The number of carboxylic acid groups (broad SMARTS) is 1. The number of hydrogen-bond acceptors (Lipinski definition) is 4. The minimum atomic E-state index is -0.974. The number of benzene rings is 1. The number of aliphatic hydroxyl groups excluding tert-OH is 1. The van der Waals surface area contributed by atoms with Crippen molar-refractivity contribution in [2.45, 2.75) is 12.7 Å². The van der Waals surface area contributed by atoms with Crippen molar-refractivity contribution in [1.82, 2.24) is 4.90 Å².